The monoisotopic (exact) mass is 254 g/mol. The molecule has 16 heavy (non-hydrogen) atoms. The van der Waals surface area contributed by atoms with Gasteiger partial charge >= 0.3 is 6.18 Å². The lowest BCUT2D eigenvalue weighted by Gasteiger charge is -2.15. The third kappa shape index (κ3) is 2.61. The number of nitro benzene ring substituents is 1. The van der Waals surface area contributed by atoms with E-state index >= 15 is 0 Å². The molecule has 0 aliphatic heterocycles. The second kappa shape index (κ2) is 4.26. The molecule has 0 radical (unpaired) electrons. The average Bonchev–Trinajstić information content (AvgIpc) is 2.15. The molecule has 0 amide bonds. The molecule has 1 aromatic rings. The summed E-state index contributed by atoms with van der Waals surface area (Å²) in [5.41, 5.74) is 3.54. The van der Waals surface area contributed by atoms with Crippen LogP contribution in [0.1, 0.15) is 11.6 Å². The summed E-state index contributed by atoms with van der Waals surface area (Å²) in [6.45, 7) is 0. The summed E-state index contributed by atoms with van der Waals surface area (Å²) in [5.74, 6) is 0. The van der Waals surface area contributed by atoms with Crippen LogP contribution in [0, 0.1) is 10.1 Å². The van der Waals surface area contributed by atoms with Crippen molar-refractivity contribution in [3.63, 3.8) is 0 Å². The quantitative estimate of drug-likeness (QED) is 0.652. The van der Waals surface area contributed by atoms with Gasteiger partial charge < -0.3 is 5.73 Å². The van der Waals surface area contributed by atoms with Gasteiger partial charge in [-0.2, -0.15) is 13.2 Å². The maximum atomic E-state index is 12.3. The van der Waals surface area contributed by atoms with Crippen LogP contribution in [-0.4, -0.2) is 11.1 Å². The Morgan fingerprint density at radius 3 is 2.44 bits per heavy atom. The largest absolute Gasteiger partial charge is 0.407 e. The van der Waals surface area contributed by atoms with E-state index in [4.69, 9.17) is 17.3 Å². The molecule has 0 aromatic heterocycles. The van der Waals surface area contributed by atoms with E-state index in [-0.39, 0.29) is 5.02 Å². The highest BCUT2D eigenvalue weighted by Gasteiger charge is 2.41. The molecule has 0 bridgehead atoms. The zero-order valence-electron chi connectivity index (χ0n) is 7.66. The molecule has 0 aliphatic rings. The molecule has 2 N–H and O–H groups in total. The maximum Gasteiger partial charge on any atom is 0.407 e. The van der Waals surface area contributed by atoms with Crippen LogP contribution in [0.3, 0.4) is 0 Å². The van der Waals surface area contributed by atoms with Gasteiger partial charge in [-0.05, 0) is 12.1 Å². The van der Waals surface area contributed by atoms with E-state index in [9.17, 15) is 23.3 Å². The lowest BCUT2D eigenvalue weighted by Crippen LogP contribution is -2.29. The van der Waals surface area contributed by atoms with E-state index in [1.54, 1.807) is 0 Å². The first-order valence-corrected chi connectivity index (χ1v) is 4.37. The Labute approximate surface area is 93.0 Å². The third-order valence-electron chi connectivity index (χ3n) is 1.88. The van der Waals surface area contributed by atoms with Crippen LogP contribution in [0.4, 0.5) is 18.9 Å². The summed E-state index contributed by atoms with van der Waals surface area (Å²) in [6.07, 6.45) is -4.74. The lowest BCUT2D eigenvalue weighted by atomic mass is 10.1. The van der Waals surface area contributed by atoms with Gasteiger partial charge in [0.15, 0.2) is 0 Å². The van der Waals surface area contributed by atoms with Crippen molar-refractivity contribution in [3.8, 4) is 0 Å². The highest BCUT2D eigenvalue weighted by molar-refractivity contribution is 6.30. The minimum atomic E-state index is -4.74. The second-order valence-electron chi connectivity index (χ2n) is 2.98. The SMILES string of the molecule is N[C@@H](c1ccc(Cl)cc1[N+](=O)[O-])C(F)(F)F. The molecule has 0 unspecified atom stereocenters. The smallest absolute Gasteiger partial charge is 0.316 e. The van der Waals surface area contributed by atoms with E-state index in [0.717, 1.165) is 18.2 Å². The summed E-state index contributed by atoms with van der Waals surface area (Å²) in [4.78, 5) is 9.58. The molecule has 0 saturated heterocycles. The van der Waals surface area contributed by atoms with Crippen LogP contribution in [-0.2, 0) is 0 Å². The second-order valence-corrected chi connectivity index (χ2v) is 3.42. The first kappa shape index (κ1) is 12.7. The Kier molecular flexibility index (Phi) is 3.39. The predicted octanol–water partition coefficient (Wildman–Crippen LogP) is 2.81. The molecule has 8 heteroatoms. The van der Waals surface area contributed by atoms with Crippen LogP contribution < -0.4 is 5.73 Å². The van der Waals surface area contributed by atoms with Gasteiger partial charge in [0.2, 0.25) is 0 Å². The van der Waals surface area contributed by atoms with Crippen molar-refractivity contribution in [2.45, 2.75) is 12.2 Å². The number of rotatable bonds is 2. The summed E-state index contributed by atoms with van der Waals surface area (Å²) in [5, 5.41) is 10.5. The number of halogens is 4. The van der Waals surface area contributed by atoms with Gasteiger partial charge in [-0.1, -0.05) is 11.6 Å². The zero-order valence-corrected chi connectivity index (χ0v) is 8.42. The van der Waals surface area contributed by atoms with Crippen LogP contribution in [0.2, 0.25) is 5.02 Å². The van der Waals surface area contributed by atoms with Gasteiger partial charge in [0.05, 0.1) is 10.5 Å². The van der Waals surface area contributed by atoms with E-state index in [1.807, 2.05) is 0 Å². The van der Waals surface area contributed by atoms with Crippen LogP contribution in [0.25, 0.3) is 0 Å². The number of alkyl halides is 3. The van der Waals surface area contributed by atoms with Crippen molar-refractivity contribution in [1.29, 1.82) is 0 Å². The van der Waals surface area contributed by atoms with Crippen molar-refractivity contribution in [2.24, 2.45) is 5.73 Å². The number of hydrogen-bond acceptors (Lipinski definition) is 3. The molecule has 4 nitrogen and oxygen atoms in total. The molecule has 0 spiro atoms. The lowest BCUT2D eigenvalue weighted by molar-refractivity contribution is -0.386. The van der Waals surface area contributed by atoms with Crippen LogP contribution in [0.5, 0.6) is 0 Å². The molecule has 0 heterocycles. The zero-order chi connectivity index (χ0) is 12.5. The fourth-order valence-electron chi connectivity index (χ4n) is 1.11. The Balaban J connectivity index is 3.28. The normalized spacial score (nSPS) is 13.6. The van der Waals surface area contributed by atoms with Crippen molar-refractivity contribution < 1.29 is 18.1 Å². The fourth-order valence-corrected chi connectivity index (χ4v) is 1.28. The molecule has 1 aromatic carbocycles. The van der Waals surface area contributed by atoms with Crippen LogP contribution >= 0.6 is 11.6 Å². The third-order valence-corrected chi connectivity index (χ3v) is 2.11. The van der Waals surface area contributed by atoms with E-state index in [2.05, 4.69) is 0 Å². The highest BCUT2D eigenvalue weighted by atomic mass is 35.5. The van der Waals surface area contributed by atoms with Crippen LogP contribution in [0.15, 0.2) is 18.2 Å². The maximum absolute atomic E-state index is 12.3. The standard InChI is InChI=1S/C8H6ClF3N2O2/c9-4-1-2-5(6(3-4)14(15)16)7(13)8(10,11)12/h1-3,7H,13H2/t7-/m0/s1. The van der Waals surface area contributed by atoms with Gasteiger partial charge in [0.25, 0.3) is 5.69 Å². The average molecular weight is 255 g/mol. The summed E-state index contributed by atoms with van der Waals surface area (Å²) in [7, 11) is 0. The number of nitro groups is 1. The minimum Gasteiger partial charge on any atom is -0.316 e. The molecule has 1 rings (SSSR count). The van der Waals surface area contributed by atoms with Crippen molar-refractivity contribution in [2.75, 3.05) is 0 Å². The molecule has 1 atom stereocenters. The summed E-state index contributed by atoms with van der Waals surface area (Å²) in [6, 6.07) is 0.460. The van der Waals surface area contributed by atoms with Crippen molar-refractivity contribution >= 4 is 17.3 Å². The number of nitrogens with zero attached hydrogens (tertiary/aromatic N) is 1. The molecular weight excluding hydrogens is 249 g/mol. The van der Waals surface area contributed by atoms with Gasteiger partial charge in [0.1, 0.15) is 6.04 Å². The number of nitrogens with two attached hydrogens (primary N) is 1. The van der Waals surface area contributed by atoms with Gasteiger partial charge in [0, 0.05) is 11.1 Å². The van der Waals surface area contributed by atoms with E-state index in [0.29, 0.717) is 0 Å². The molecular formula is C8H6ClF3N2O2. The molecule has 88 valence electrons. The Morgan fingerprint density at radius 2 is 2.00 bits per heavy atom. The molecule has 0 aliphatic carbocycles. The number of hydrogen-bond donors (Lipinski definition) is 1. The number of benzene rings is 1. The molecule has 0 saturated carbocycles. The highest BCUT2D eigenvalue weighted by Crippen LogP contribution is 2.36. The molecule has 0 fully saturated rings. The Morgan fingerprint density at radius 1 is 1.44 bits per heavy atom. The minimum absolute atomic E-state index is 0.0233. The Hall–Kier alpha value is -1.34. The first-order valence-electron chi connectivity index (χ1n) is 3.99. The van der Waals surface area contributed by atoms with Gasteiger partial charge in [-0.15, -0.1) is 0 Å². The summed E-state index contributed by atoms with van der Waals surface area (Å²) < 4.78 is 36.9. The van der Waals surface area contributed by atoms with Gasteiger partial charge in [-0.3, -0.25) is 10.1 Å². The summed E-state index contributed by atoms with van der Waals surface area (Å²) >= 11 is 5.45. The Bertz CT molecular complexity index is 422. The van der Waals surface area contributed by atoms with Crippen molar-refractivity contribution in [3.05, 3.63) is 38.9 Å². The topological polar surface area (TPSA) is 69.2 Å². The predicted molar refractivity (Wildman–Crippen MR) is 51.1 cm³/mol. The van der Waals surface area contributed by atoms with E-state index < -0.39 is 28.4 Å². The van der Waals surface area contributed by atoms with Crippen molar-refractivity contribution in [1.82, 2.24) is 0 Å². The van der Waals surface area contributed by atoms with Gasteiger partial charge in [-0.25, -0.2) is 0 Å². The van der Waals surface area contributed by atoms with E-state index in [1.165, 1.54) is 0 Å². The first-order chi connectivity index (χ1) is 7.23. The fraction of sp³-hybridized carbons (Fsp3) is 0.250.